The number of benzene rings is 1. The van der Waals surface area contributed by atoms with Gasteiger partial charge in [0, 0.05) is 5.38 Å². The van der Waals surface area contributed by atoms with Crippen molar-refractivity contribution < 1.29 is 13.2 Å². The average molecular weight is 329 g/mol. The second-order valence-electron chi connectivity index (χ2n) is 4.17. The highest BCUT2D eigenvalue weighted by Crippen LogP contribution is 2.42. The van der Waals surface area contributed by atoms with Crippen molar-refractivity contribution in [2.75, 3.05) is 10.8 Å². The van der Waals surface area contributed by atoms with Crippen LogP contribution in [0.25, 0.3) is 10.4 Å². The number of halogens is 1. The molecule has 1 N–H and O–H groups in total. The van der Waals surface area contributed by atoms with E-state index in [1.165, 1.54) is 11.3 Å². The standard InChI is InChI=1S/C12H9ClN2O3S2/c13-11-9(15-6-10(16)14-20(15,17)18)7-19-12(11)8-4-2-1-3-5-8/h1-5,7H,6H2,(H,14,16). The predicted octanol–water partition coefficient (Wildman–Crippen LogP) is 2.25. The van der Waals surface area contributed by atoms with Gasteiger partial charge in [-0.15, -0.1) is 11.3 Å². The fraction of sp³-hybridized carbons (Fsp3) is 0.0833. The number of nitrogens with one attached hydrogen (secondary N) is 1. The highest BCUT2D eigenvalue weighted by Gasteiger charge is 2.36. The molecule has 0 bridgehead atoms. The van der Waals surface area contributed by atoms with Crippen molar-refractivity contribution in [2.24, 2.45) is 0 Å². The van der Waals surface area contributed by atoms with Gasteiger partial charge < -0.3 is 0 Å². The number of thiophene rings is 1. The molecule has 2 aromatic rings. The summed E-state index contributed by atoms with van der Waals surface area (Å²) in [6, 6.07) is 9.43. The van der Waals surface area contributed by atoms with Gasteiger partial charge in [-0.3, -0.25) is 4.79 Å². The third-order valence-electron chi connectivity index (χ3n) is 2.84. The molecular weight excluding hydrogens is 320 g/mol. The Hall–Kier alpha value is -1.57. The van der Waals surface area contributed by atoms with Gasteiger partial charge in [-0.05, 0) is 5.56 Å². The third-order valence-corrected chi connectivity index (χ3v) is 5.74. The summed E-state index contributed by atoms with van der Waals surface area (Å²) < 4.78 is 26.5. The molecule has 0 spiro atoms. The van der Waals surface area contributed by atoms with Crippen LogP contribution in [0.15, 0.2) is 35.7 Å². The predicted molar refractivity (Wildman–Crippen MR) is 79.2 cm³/mol. The first-order chi connectivity index (χ1) is 9.49. The lowest BCUT2D eigenvalue weighted by atomic mass is 10.2. The van der Waals surface area contributed by atoms with Gasteiger partial charge in [-0.1, -0.05) is 41.9 Å². The molecule has 104 valence electrons. The van der Waals surface area contributed by atoms with Gasteiger partial charge in [-0.2, -0.15) is 8.42 Å². The molecule has 0 radical (unpaired) electrons. The Labute approximate surface area is 125 Å². The number of rotatable bonds is 2. The van der Waals surface area contributed by atoms with Crippen molar-refractivity contribution in [2.45, 2.75) is 0 Å². The van der Waals surface area contributed by atoms with Crippen LogP contribution in [-0.2, 0) is 15.0 Å². The fourth-order valence-electron chi connectivity index (χ4n) is 1.95. The molecule has 1 aromatic carbocycles. The summed E-state index contributed by atoms with van der Waals surface area (Å²) >= 11 is 7.62. The Kier molecular flexibility index (Phi) is 3.19. The number of hydrogen-bond donors (Lipinski definition) is 1. The minimum Gasteiger partial charge on any atom is -0.272 e. The lowest BCUT2D eigenvalue weighted by Gasteiger charge is -2.13. The summed E-state index contributed by atoms with van der Waals surface area (Å²) in [5, 5.41) is 1.98. The van der Waals surface area contributed by atoms with Crippen molar-refractivity contribution in [1.82, 2.24) is 4.72 Å². The van der Waals surface area contributed by atoms with E-state index in [0.29, 0.717) is 10.7 Å². The lowest BCUT2D eigenvalue weighted by molar-refractivity contribution is -0.117. The van der Waals surface area contributed by atoms with E-state index in [1.54, 1.807) is 5.38 Å². The number of hydrogen-bond acceptors (Lipinski definition) is 4. The van der Waals surface area contributed by atoms with Gasteiger partial charge in [0.2, 0.25) is 0 Å². The first-order valence-corrected chi connectivity index (χ1v) is 8.34. The number of amides is 1. The molecule has 1 amide bonds. The molecule has 2 heterocycles. The molecule has 1 aliphatic heterocycles. The van der Waals surface area contributed by atoms with Crippen LogP contribution < -0.4 is 9.03 Å². The fourth-order valence-corrected chi connectivity index (χ4v) is 4.64. The van der Waals surface area contributed by atoms with Crippen LogP contribution in [0.1, 0.15) is 0 Å². The Morgan fingerprint density at radius 3 is 2.55 bits per heavy atom. The zero-order valence-electron chi connectivity index (χ0n) is 10.0. The van der Waals surface area contributed by atoms with E-state index < -0.39 is 16.1 Å². The van der Waals surface area contributed by atoms with Crippen LogP contribution in [0.3, 0.4) is 0 Å². The Bertz CT molecular complexity index is 771. The normalized spacial score (nSPS) is 17.2. The van der Waals surface area contributed by atoms with E-state index in [2.05, 4.69) is 0 Å². The quantitative estimate of drug-likeness (QED) is 0.919. The number of carbonyl (C=O) groups excluding carboxylic acids is 1. The minimum absolute atomic E-state index is 0.243. The van der Waals surface area contributed by atoms with Crippen molar-refractivity contribution in [1.29, 1.82) is 0 Å². The second kappa shape index (κ2) is 4.76. The van der Waals surface area contributed by atoms with Gasteiger partial charge in [0.15, 0.2) is 0 Å². The zero-order valence-corrected chi connectivity index (χ0v) is 12.4. The van der Waals surface area contributed by atoms with Crippen molar-refractivity contribution in [3.63, 3.8) is 0 Å². The molecule has 0 atom stereocenters. The molecule has 0 unspecified atom stereocenters. The smallest absolute Gasteiger partial charge is 0.272 e. The van der Waals surface area contributed by atoms with Gasteiger partial charge in [0.25, 0.3) is 5.91 Å². The van der Waals surface area contributed by atoms with Crippen LogP contribution in [0.2, 0.25) is 5.02 Å². The maximum atomic E-state index is 11.8. The molecule has 5 nitrogen and oxygen atoms in total. The summed E-state index contributed by atoms with van der Waals surface area (Å²) in [6.07, 6.45) is 0. The van der Waals surface area contributed by atoms with E-state index in [-0.39, 0.29) is 6.54 Å². The van der Waals surface area contributed by atoms with Gasteiger partial charge in [0.1, 0.15) is 6.54 Å². The highest BCUT2D eigenvalue weighted by atomic mass is 35.5. The van der Waals surface area contributed by atoms with E-state index in [4.69, 9.17) is 11.6 Å². The zero-order chi connectivity index (χ0) is 14.3. The molecule has 1 aliphatic rings. The average Bonchev–Trinajstić information content (AvgIpc) is 2.90. The molecule has 20 heavy (non-hydrogen) atoms. The van der Waals surface area contributed by atoms with Crippen LogP contribution >= 0.6 is 22.9 Å². The largest absolute Gasteiger partial charge is 0.326 e. The molecule has 3 rings (SSSR count). The van der Waals surface area contributed by atoms with Crippen molar-refractivity contribution >= 4 is 44.7 Å². The molecule has 0 aliphatic carbocycles. The Morgan fingerprint density at radius 2 is 1.95 bits per heavy atom. The molecule has 8 heteroatoms. The maximum absolute atomic E-state index is 11.8. The number of anilines is 1. The maximum Gasteiger partial charge on any atom is 0.326 e. The summed E-state index contributed by atoms with van der Waals surface area (Å²) in [5.41, 5.74) is 1.23. The molecule has 1 aromatic heterocycles. The summed E-state index contributed by atoms with van der Waals surface area (Å²) in [7, 11) is -3.82. The third kappa shape index (κ3) is 2.17. The van der Waals surface area contributed by atoms with Gasteiger partial charge in [-0.25, -0.2) is 9.03 Å². The van der Waals surface area contributed by atoms with Gasteiger partial charge >= 0.3 is 10.2 Å². The SMILES string of the molecule is O=C1CN(c2csc(-c3ccccc3)c2Cl)S(=O)(=O)N1. The second-order valence-corrected chi connectivity index (χ2v) is 7.02. The van der Waals surface area contributed by atoms with Gasteiger partial charge in [0.05, 0.1) is 15.6 Å². The minimum atomic E-state index is -3.82. The van der Waals surface area contributed by atoms with Crippen LogP contribution in [-0.4, -0.2) is 20.9 Å². The Morgan fingerprint density at radius 1 is 1.25 bits per heavy atom. The molecule has 1 fully saturated rings. The van der Waals surface area contributed by atoms with Crippen molar-refractivity contribution in [3.05, 3.63) is 40.7 Å². The lowest BCUT2D eigenvalue weighted by Crippen LogP contribution is -2.29. The van der Waals surface area contributed by atoms with E-state index >= 15 is 0 Å². The van der Waals surface area contributed by atoms with Crippen LogP contribution in [0, 0.1) is 0 Å². The van der Waals surface area contributed by atoms with Crippen molar-refractivity contribution in [3.8, 4) is 10.4 Å². The van der Waals surface area contributed by atoms with E-state index in [9.17, 15) is 13.2 Å². The molecular formula is C12H9ClN2O3S2. The van der Waals surface area contributed by atoms with E-state index in [1.807, 2.05) is 35.1 Å². The first kappa shape index (κ1) is 13.4. The monoisotopic (exact) mass is 328 g/mol. The summed E-state index contributed by atoms with van der Waals surface area (Å²) in [4.78, 5) is 12.0. The summed E-state index contributed by atoms with van der Waals surface area (Å²) in [6.45, 7) is -0.243. The Balaban J connectivity index is 2.06. The molecule has 0 saturated carbocycles. The topological polar surface area (TPSA) is 66.5 Å². The van der Waals surface area contributed by atoms with Crippen LogP contribution in [0.5, 0.6) is 0 Å². The molecule has 1 saturated heterocycles. The first-order valence-electron chi connectivity index (χ1n) is 5.65. The number of nitrogens with zero attached hydrogens (tertiary/aromatic N) is 1. The van der Waals surface area contributed by atoms with Crippen LogP contribution in [0.4, 0.5) is 5.69 Å². The summed E-state index contributed by atoms with van der Waals surface area (Å²) in [5.74, 6) is -0.562. The number of carbonyl (C=O) groups is 1. The van der Waals surface area contributed by atoms with E-state index in [0.717, 1.165) is 14.7 Å². The highest BCUT2D eigenvalue weighted by molar-refractivity contribution is 7.92.